The minimum atomic E-state index is 0.347. The van der Waals surface area contributed by atoms with Gasteiger partial charge in [-0.25, -0.2) is 0 Å². The molecule has 0 aliphatic heterocycles. The van der Waals surface area contributed by atoms with Gasteiger partial charge < -0.3 is 10.5 Å². The van der Waals surface area contributed by atoms with Crippen LogP contribution in [0.25, 0.3) is 0 Å². The first kappa shape index (κ1) is 9.67. The van der Waals surface area contributed by atoms with Crippen molar-refractivity contribution in [2.24, 2.45) is 5.73 Å². The second-order valence-corrected chi connectivity index (χ2v) is 3.14. The van der Waals surface area contributed by atoms with Crippen LogP contribution in [0.15, 0.2) is 24.4 Å². The molecule has 0 saturated carbocycles. The number of nitrogens with two attached hydrogens (primary N) is 1. The number of aryl methyl sites for hydroxylation is 1. The molecule has 15 heavy (non-hydrogen) atoms. The second kappa shape index (κ2) is 4.10. The molecule has 3 N–H and O–H groups in total. The molecule has 0 radical (unpaired) electrons. The maximum Gasteiger partial charge on any atom is 0.238 e. The van der Waals surface area contributed by atoms with Crippen molar-refractivity contribution in [2.75, 3.05) is 0 Å². The summed E-state index contributed by atoms with van der Waals surface area (Å²) in [6.07, 6.45) is 1.69. The minimum Gasteiger partial charge on any atom is -0.436 e. The molecule has 78 valence electrons. The number of rotatable bonds is 3. The van der Waals surface area contributed by atoms with Crippen LogP contribution >= 0.6 is 0 Å². The molecule has 0 amide bonds. The number of aromatic nitrogens is 3. The van der Waals surface area contributed by atoms with Crippen LogP contribution in [-0.2, 0) is 6.54 Å². The SMILES string of the molecule is Cc1cc(Oc2cccnc2CN)n[nH]1. The third-order valence-electron chi connectivity index (χ3n) is 1.94. The van der Waals surface area contributed by atoms with Crippen LogP contribution in [0, 0.1) is 6.92 Å². The average Bonchev–Trinajstić information content (AvgIpc) is 2.65. The Morgan fingerprint density at radius 3 is 3.07 bits per heavy atom. The summed E-state index contributed by atoms with van der Waals surface area (Å²) in [6, 6.07) is 5.43. The summed E-state index contributed by atoms with van der Waals surface area (Å²) in [7, 11) is 0. The largest absolute Gasteiger partial charge is 0.436 e. The molecule has 2 aromatic heterocycles. The Morgan fingerprint density at radius 2 is 2.40 bits per heavy atom. The topological polar surface area (TPSA) is 76.8 Å². The molecule has 2 aromatic rings. The van der Waals surface area contributed by atoms with Crippen LogP contribution in [0.2, 0.25) is 0 Å². The molecule has 0 unspecified atom stereocenters. The summed E-state index contributed by atoms with van der Waals surface area (Å²) < 4.78 is 5.54. The van der Waals surface area contributed by atoms with E-state index in [9.17, 15) is 0 Å². The third-order valence-corrected chi connectivity index (χ3v) is 1.94. The standard InChI is InChI=1S/C10H12N4O/c1-7-5-10(14-13-7)15-9-3-2-4-12-8(9)6-11/h2-5H,6,11H2,1H3,(H,13,14). The van der Waals surface area contributed by atoms with Gasteiger partial charge in [0.05, 0.1) is 5.69 Å². The second-order valence-electron chi connectivity index (χ2n) is 3.14. The predicted octanol–water partition coefficient (Wildman–Crippen LogP) is 1.36. The van der Waals surface area contributed by atoms with E-state index < -0.39 is 0 Å². The van der Waals surface area contributed by atoms with Gasteiger partial charge in [0.2, 0.25) is 5.88 Å². The van der Waals surface area contributed by atoms with Gasteiger partial charge in [0, 0.05) is 24.5 Å². The quantitative estimate of drug-likeness (QED) is 0.791. The number of nitrogens with zero attached hydrogens (tertiary/aromatic N) is 2. The van der Waals surface area contributed by atoms with Crippen molar-refractivity contribution in [3.8, 4) is 11.6 Å². The Kier molecular flexibility index (Phi) is 2.64. The van der Waals surface area contributed by atoms with Gasteiger partial charge >= 0.3 is 0 Å². The van der Waals surface area contributed by atoms with E-state index in [1.807, 2.05) is 19.1 Å². The number of nitrogens with one attached hydrogen (secondary N) is 1. The van der Waals surface area contributed by atoms with Crippen molar-refractivity contribution in [2.45, 2.75) is 13.5 Å². The summed E-state index contributed by atoms with van der Waals surface area (Å²) in [6.45, 7) is 2.26. The molecule has 5 nitrogen and oxygen atoms in total. The summed E-state index contributed by atoms with van der Waals surface area (Å²) in [5.74, 6) is 1.17. The van der Waals surface area contributed by atoms with Crippen LogP contribution in [0.4, 0.5) is 0 Å². The molecular weight excluding hydrogens is 192 g/mol. The zero-order valence-electron chi connectivity index (χ0n) is 8.40. The Hall–Kier alpha value is -1.88. The summed E-state index contributed by atoms with van der Waals surface area (Å²) in [4.78, 5) is 4.11. The molecule has 0 saturated heterocycles. The molecule has 0 spiro atoms. The predicted molar refractivity (Wildman–Crippen MR) is 55.5 cm³/mol. The van der Waals surface area contributed by atoms with E-state index in [0.29, 0.717) is 18.2 Å². The molecule has 2 heterocycles. The zero-order chi connectivity index (χ0) is 10.7. The van der Waals surface area contributed by atoms with Gasteiger partial charge in [-0.3, -0.25) is 10.1 Å². The Labute approximate surface area is 87.3 Å². The molecule has 0 atom stereocenters. The van der Waals surface area contributed by atoms with Crippen molar-refractivity contribution in [1.29, 1.82) is 0 Å². The molecular formula is C10H12N4O. The van der Waals surface area contributed by atoms with Crippen LogP contribution in [0.1, 0.15) is 11.4 Å². The number of pyridine rings is 1. The van der Waals surface area contributed by atoms with E-state index >= 15 is 0 Å². The Morgan fingerprint density at radius 1 is 1.53 bits per heavy atom. The average molecular weight is 204 g/mol. The van der Waals surface area contributed by atoms with Crippen LogP contribution in [0.3, 0.4) is 0 Å². The maximum absolute atomic E-state index is 5.54. The highest BCUT2D eigenvalue weighted by atomic mass is 16.5. The van der Waals surface area contributed by atoms with E-state index in [-0.39, 0.29) is 0 Å². The molecule has 0 aromatic carbocycles. The molecule has 0 aliphatic rings. The van der Waals surface area contributed by atoms with Gasteiger partial charge in [-0.1, -0.05) is 0 Å². The molecule has 0 aliphatic carbocycles. The van der Waals surface area contributed by atoms with Crippen LogP contribution in [0.5, 0.6) is 11.6 Å². The van der Waals surface area contributed by atoms with Gasteiger partial charge in [0.25, 0.3) is 0 Å². The molecule has 2 rings (SSSR count). The van der Waals surface area contributed by atoms with Crippen molar-refractivity contribution in [3.63, 3.8) is 0 Å². The van der Waals surface area contributed by atoms with Crippen LogP contribution in [-0.4, -0.2) is 15.2 Å². The van der Waals surface area contributed by atoms with E-state index in [0.717, 1.165) is 11.4 Å². The van der Waals surface area contributed by atoms with Gasteiger partial charge in [-0.2, -0.15) is 0 Å². The number of ether oxygens (including phenoxy) is 1. The third kappa shape index (κ3) is 2.13. The van der Waals surface area contributed by atoms with Gasteiger partial charge in [0.1, 0.15) is 0 Å². The fraction of sp³-hybridized carbons (Fsp3) is 0.200. The van der Waals surface area contributed by atoms with E-state index in [1.54, 1.807) is 12.3 Å². The maximum atomic E-state index is 5.54. The number of H-pyrrole nitrogens is 1. The van der Waals surface area contributed by atoms with Crippen LogP contribution < -0.4 is 10.5 Å². The fourth-order valence-electron chi connectivity index (χ4n) is 1.23. The lowest BCUT2D eigenvalue weighted by Gasteiger charge is -2.05. The van der Waals surface area contributed by atoms with Crippen molar-refractivity contribution in [1.82, 2.24) is 15.2 Å². The lowest BCUT2D eigenvalue weighted by molar-refractivity contribution is 0.452. The Balaban J connectivity index is 2.23. The normalized spacial score (nSPS) is 10.3. The number of hydrogen-bond donors (Lipinski definition) is 2. The van der Waals surface area contributed by atoms with Gasteiger partial charge in [-0.15, -0.1) is 5.10 Å². The first-order valence-electron chi connectivity index (χ1n) is 4.63. The van der Waals surface area contributed by atoms with E-state index in [1.165, 1.54) is 0 Å². The number of aromatic amines is 1. The fourth-order valence-corrected chi connectivity index (χ4v) is 1.23. The highest BCUT2D eigenvalue weighted by Gasteiger charge is 2.05. The van der Waals surface area contributed by atoms with E-state index in [2.05, 4.69) is 15.2 Å². The number of hydrogen-bond acceptors (Lipinski definition) is 4. The highest BCUT2D eigenvalue weighted by molar-refractivity contribution is 5.30. The van der Waals surface area contributed by atoms with Crippen molar-refractivity contribution >= 4 is 0 Å². The molecule has 0 fully saturated rings. The van der Waals surface area contributed by atoms with Gasteiger partial charge in [0.15, 0.2) is 5.75 Å². The first-order chi connectivity index (χ1) is 7.29. The lowest BCUT2D eigenvalue weighted by atomic mass is 10.3. The summed E-state index contributed by atoms with van der Waals surface area (Å²) >= 11 is 0. The smallest absolute Gasteiger partial charge is 0.238 e. The van der Waals surface area contributed by atoms with Gasteiger partial charge in [-0.05, 0) is 19.1 Å². The first-order valence-corrected chi connectivity index (χ1v) is 4.63. The van der Waals surface area contributed by atoms with E-state index in [4.69, 9.17) is 10.5 Å². The lowest BCUT2D eigenvalue weighted by Crippen LogP contribution is -2.01. The monoisotopic (exact) mass is 204 g/mol. The van der Waals surface area contributed by atoms with Crippen molar-refractivity contribution in [3.05, 3.63) is 35.8 Å². The van der Waals surface area contributed by atoms with Crippen molar-refractivity contribution < 1.29 is 4.74 Å². The molecule has 0 bridgehead atoms. The highest BCUT2D eigenvalue weighted by Crippen LogP contribution is 2.21. The zero-order valence-corrected chi connectivity index (χ0v) is 8.40. The summed E-state index contributed by atoms with van der Waals surface area (Å²) in [5, 5.41) is 6.77. The minimum absolute atomic E-state index is 0.347. The molecule has 5 heteroatoms. The summed E-state index contributed by atoms with van der Waals surface area (Å²) in [5.41, 5.74) is 7.21. The Bertz CT molecular complexity index is 452.